The van der Waals surface area contributed by atoms with Crippen LogP contribution >= 0.6 is 0 Å². The molecule has 6 heteroatoms. The maximum Gasteiger partial charge on any atom is 0.333 e. The summed E-state index contributed by atoms with van der Waals surface area (Å²) in [5.41, 5.74) is 0.893. The van der Waals surface area contributed by atoms with Gasteiger partial charge in [-0.2, -0.15) is 0 Å². The number of ether oxygens (including phenoxy) is 2. The smallest absolute Gasteiger partial charge is 0.333 e. The molecule has 0 atom stereocenters. The molecule has 2 N–H and O–H groups in total. The molecule has 0 aromatic rings. The van der Waals surface area contributed by atoms with Gasteiger partial charge in [-0.05, 0) is 34.6 Å². The average molecular weight is 329 g/mol. The predicted octanol–water partition coefficient (Wildman–Crippen LogP) is 1.98. The third-order valence-electron chi connectivity index (χ3n) is 2.22. The van der Waals surface area contributed by atoms with E-state index < -0.39 is 5.97 Å². The van der Waals surface area contributed by atoms with Crippen molar-refractivity contribution in [1.29, 1.82) is 0 Å². The highest BCUT2D eigenvalue weighted by atomic mass is 16.5. The first-order valence-corrected chi connectivity index (χ1v) is 7.52. The number of carbonyl (C=O) groups excluding carboxylic acids is 2. The van der Waals surface area contributed by atoms with Crippen molar-refractivity contribution in [2.45, 2.75) is 46.6 Å². The molecule has 0 aliphatic rings. The lowest BCUT2D eigenvalue weighted by Crippen LogP contribution is -2.38. The van der Waals surface area contributed by atoms with Crippen LogP contribution in [0.4, 0.5) is 0 Å². The van der Waals surface area contributed by atoms with Crippen LogP contribution in [0.25, 0.3) is 0 Å². The van der Waals surface area contributed by atoms with E-state index in [0.717, 1.165) is 0 Å². The maximum absolute atomic E-state index is 10.9. The maximum atomic E-state index is 10.9. The number of carbonyl (C=O) groups is 2. The van der Waals surface area contributed by atoms with Gasteiger partial charge in [-0.1, -0.05) is 13.2 Å². The Bertz CT molecular complexity index is 396. The summed E-state index contributed by atoms with van der Waals surface area (Å²) >= 11 is 0. The summed E-state index contributed by atoms with van der Waals surface area (Å²) in [5.74, 6) is -0.718. The molecule has 0 aromatic carbocycles. The van der Waals surface area contributed by atoms with Crippen molar-refractivity contribution in [2.75, 3.05) is 26.4 Å². The number of hydrogen-bond donors (Lipinski definition) is 2. The van der Waals surface area contributed by atoms with E-state index in [0.29, 0.717) is 30.7 Å². The van der Waals surface area contributed by atoms with Gasteiger partial charge in [0.15, 0.2) is 0 Å². The van der Waals surface area contributed by atoms with E-state index >= 15 is 0 Å². The molecular weight excluding hydrogens is 298 g/mol. The summed E-state index contributed by atoms with van der Waals surface area (Å²) < 4.78 is 9.54. The lowest BCUT2D eigenvalue weighted by molar-refractivity contribution is -0.139. The molecule has 0 fully saturated rings. The van der Waals surface area contributed by atoms with Crippen LogP contribution in [-0.4, -0.2) is 48.9 Å². The van der Waals surface area contributed by atoms with Gasteiger partial charge in [0.25, 0.3) is 0 Å². The minimum atomic E-state index is -0.395. The molecule has 0 radical (unpaired) electrons. The van der Waals surface area contributed by atoms with Crippen LogP contribution < -0.4 is 5.32 Å². The van der Waals surface area contributed by atoms with Crippen LogP contribution in [0.5, 0.6) is 0 Å². The fourth-order valence-electron chi connectivity index (χ4n) is 1.05. The highest BCUT2D eigenvalue weighted by Gasteiger charge is 2.08. The quantitative estimate of drug-likeness (QED) is 0.402. The molecule has 134 valence electrons. The zero-order chi connectivity index (χ0) is 18.5. The number of aliphatic hydroxyl groups is 1. The normalized spacial score (nSPS) is 10.2. The van der Waals surface area contributed by atoms with Crippen LogP contribution in [0.2, 0.25) is 0 Å². The summed E-state index contributed by atoms with van der Waals surface area (Å²) in [6.07, 6.45) is 0.485. The Labute approximate surface area is 139 Å². The Morgan fingerprint density at radius 3 is 1.78 bits per heavy atom. The lowest BCUT2D eigenvalue weighted by Gasteiger charge is -2.20. The number of aliphatic hydroxyl groups excluding tert-OH is 1. The lowest BCUT2D eigenvalue weighted by atomic mass is 10.1. The standard InChI is InChI=1S/C10H19NO2.C7H12O3/c1-8(2)9(12)13-7-6-11-10(3,4)5;1-6(2)7(9)10-5-3-4-8/h11H,1,6-7H2,2-5H3;8H,1,3-5H2,2H3. The van der Waals surface area contributed by atoms with E-state index in [4.69, 9.17) is 9.84 Å². The molecule has 6 nitrogen and oxygen atoms in total. The summed E-state index contributed by atoms with van der Waals surface area (Å²) in [5, 5.41) is 11.5. The van der Waals surface area contributed by atoms with Crippen LogP contribution in [0, 0.1) is 0 Å². The van der Waals surface area contributed by atoms with E-state index in [2.05, 4.69) is 44.0 Å². The molecule has 0 aromatic heterocycles. The van der Waals surface area contributed by atoms with E-state index in [9.17, 15) is 9.59 Å². The molecule has 0 rings (SSSR count). The number of rotatable bonds is 8. The van der Waals surface area contributed by atoms with Crippen LogP contribution in [-0.2, 0) is 19.1 Å². The van der Waals surface area contributed by atoms with Gasteiger partial charge in [-0.15, -0.1) is 0 Å². The topological polar surface area (TPSA) is 84.9 Å². The van der Waals surface area contributed by atoms with Crippen molar-refractivity contribution < 1.29 is 24.2 Å². The zero-order valence-electron chi connectivity index (χ0n) is 15.0. The molecule has 0 aliphatic carbocycles. The number of esters is 2. The second-order valence-corrected chi connectivity index (χ2v) is 6.09. The molecule has 23 heavy (non-hydrogen) atoms. The van der Waals surface area contributed by atoms with Crippen molar-refractivity contribution >= 4 is 11.9 Å². The third-order valence-corrected chi connectivity index (χ3v) is 2.22. The van der Waals surface area contributed by atoms with Crippen LogP contribution in [0.1, 0.15) is 41.0 Å². The summed E-state index contributed by atoms with van der Waals surface area (Å²) in [6, 6.07) is 0. The Kier molecular flexibility index (Phi) is 13.2. The van der Waals surface area contributed by atoms with Gasteiger partial charge >= 0.3 is 11.9 Å². The molecule has 0 aliphatic heterocycles. The van der Waals surface area contributed by atoms with Gasteiger partial charge in [0.1, 0.15) is 6.61 Å². The minimum Gasteiger partial charge on any atom is -0.462 e. The fraction of sp³-hybridized carbons (Fsp3) is 0.647. The first-order valence-electron chi connectivity index (χ1n) is 7.52. The molecular formula is C17H31NO5. The van der Waals surface area contributed by atoms with Crippen molar-refractivity contribution in [1.82, 2.24) is 5.32 Å². The van der Waals surface area contributed by atoms with Crippen molar-refractivity contribution in [3.05, 3.63) is 24.3 Å². The number of hydrogen-bond acceptors (Lipinski definition) is 6. The Hall–Kier alpha value is -1.66. The Morgan fingerprint density at radius 1 is 1.00 bits per heavy atom. The first-order chi connectivity index (χ1) is 10.5. The van der Waals surface area contributed by atoms with Gasteiger partial charge in [-0.3, -0.25) is 0 Å². The van der Waals surface area contributed by atoms with Gasteiger partial charge in [0, 0.05) is 36.3 Å². The van der Waals surface area contributed by atoms with Crippen LogP contribution in [0.3, 0.4) is 0 Å². The summed E-state index contributed by atoms with van der Waals surface area (Å²) in [6.45, 7) is 17.7. The van der Waals surface area contributed by atoms with Crippen LogP contribution in [0.15, 0.2) is 24.3 Å². The predicted molar refractivity (Wildman–Crippen MR) is 91.0 cm³/mol. The van der Waals surface area contributed by atoms with E-state index in [1.807, 2.05) is 0 Å². The van der Waals surface area contributed by atoms with Gasteiger partial charge < -0.3 is 19.9 Å². The van der Waals surface area contributed by atoms with Crippen molar-refractivity contribution in [3.63, 3.8) is 0 Å². The second-order valence-electron chi connectivity index (χ2n) is 6.09. The number of nitrogens with one attached hydrogen (secondary N) is 1. The third kappa shape index (κ3) is 18.3. The second kappa shape index (κ2) is 12.8. The largest absolute Gasteiger partial charge is 0.462 e. The minimum absolute atomic E-state index is 0.0451. The molecule has 0 amide bonds. The summed E-state index contributed by atoms with van der Waals surface area (Å²) in [4.78, 5) is 21.5. The summed E-state index contributed by atoms with van der Waals surface area (Å²) in [7, 11) is 0. The van der Waals surface area contributed by atoms with E-state index in [-0.39, 0.29) is 24.7 Å². The Morgan fingerprint density at radius 2 is 1.43 bits per heavy atom. The monoisotopic (exact) mass is 329 g/mol. The van der Waals surface area contributed by atoms with Crippen molar-refractivity contribution in [3.8, 4) is 0 Å². The van der Waals surface area contributed by atoms with Crippen molar-refractivity contribution in [2.24, 2.45) is 0 Å². The highest BCUT2D eigenvalue weighted by Crippen LogP contribution is 1.97. The Balaban J connectivity index is 0. The SMILES string of the molecule is C=C(C)C(=O)OCCCO.C=C(C)C(=O)OCCNC(C)(C)C. The fourth-order valence-corrected chi connectivity index (χ4v) is 1.05. The molecule has 0 spiro atoms. The molecule has 0 saturated carbocycles. The molecule has 0 unspecified atom stereocenters. The highest BCUT2D eigenvalue weighted by molar-refractivity contribution is 5.87. The van der Waals surface area contributed by atoms with Gasteiger partial charge in [-0.25, -0.2) is 9.59 Å². The van der Waals surface area contributed by atoms with Gasteiger partial charge in [0.2, 0.25) is 0 Å². The van der Waals surface area contributed by atoms with E-state index in [1.54, 1.807) is 13.8 Å². The molecule has 0 bridgehead atoms. The first kappa shape index (κ1) is 23.6. The average Bonchev–Trinajstić information content (AvgIpc) is 2.42. The molecule has 0 saturated heterocycles. The zero-order valence-corrected chi connectivity index (χ0v) is 15.0. The van der Waals surface area contributed by atoms with Gasteiger partial charge in [0.05, 0.1) is 6.61 Å². The molecule has 0 heterocycles. The van der Waals surface area contributed by atoms with E-state index in [1.165, 1.54) is 0 Å².